The van der Waals surface area contributed by atoms with Gasteiger partial charge in [-0.25, -0.2) is 0 Å². The lowest BCUT2D eigenvalue weighted by atomic mass is 10.2. The van der Waals surface area contributed by atoms with Crippen molar-refractivity contribution in [3.05, 3.63) is 34.3 Å². The van der Waals surface area contributed by atoms with Gasteiger partial charge in [0.05, 0.1) is 21.4 Å². The minimum Gasteiger partial charge on any atom is -0.371 e. The molecule has 7 heteroatoms. The lowest BCUT2D eigenvalue weighted by molar-refractivity contribution is 0.589. The Kier molecular flexibility index (Phi) is 4.80. The van der Waals surface area contributed by atoms with Crippen molar-refractivity contribution < 1.29 is 0 Å². The lowest BCUT2D eigenvalue weighted by Gasteiger charge is -2.31. The molecule has 0 spiro atoms. The molecule has 0 bridgehead atoms. The third kappa shape index (κ3) is 3.35. The summed E-state index contributed by atoms with van der Waals surface area (Å²) in [5.74, 6) is 0. The van der Waals surface area contributed by atoms with Crippen molar-refractivity contribution in [3.63, 3.8) is 0 Å². The molecule has 0 atom stereocenters. The molecule has 142 valence electrons. The van der Waals surface area contributed by atoms with Crippen molar-refractivity contribution in [2.45, 2.75) is 22.6 Å². The number of fused-ring (bicyclic) bond motifs is 2. The Morgan fingerprint density at radius 3 is 1.81 bits per heavy atom. The van der Waals surface area contributed by atoms with Gasteiger partial charge in [-0.15, -0.1) is 0 Å². The van der Waals surface area contributed by atoms with Gasteiger partial charge >= 0.3 is 0 Å². The van der Waals surface area contributed by atoms with E-state index in [1.807, 2.05) is 0 Å². The van der Waals surface area contributed by atoms with Crippen LogP contribution in [0.4, 0.5) is 22.7 Å². The molecule has 2 aromatic carbocycles. The van der Waals surface area contributed by atoms with Crippen LogP contribution in [-0.2, 0) is 0 Å². The first-order valence-electron chi connectivity index (χ1n) is 9.51. The zero-order chi connectivity index (χ0) is 18.4. The summed E-state index contributed by atoms with van der Waals surface area (Å²) in [5, 5.41) is 8.40. The second-order valence-corrected chi connectivity index (χ2v) is 9.16. The maximum Gasteiger partial charge on any atom is 0.0717 e. The van der Waals surface area contributed by atoms with Crippen LogP contribution in [0.1, 0.15) is 12.8 Å². The van der Waals surface area contributed by atoms with E-state index in [4.69, 9.17) is 23.2 Å². The Balaban J connectivity index is 1.50. The monoisotopic (exact) mass is 420 g/mol. The number of nitrogens with one attached hydrogen (secondary N) is 2. The number of hydrogen-bond donors (Lipinski definition) is 2. The van der Waals surface area contributed by atoms with E-state index in [1.165, 1.54) is 29.1 Å². The molecule has 0 unspecified atom stereocenters. The third-order valence-corrected chi connectivity index (χ3v) is 7.18. The molecule has 5 rings (SSSR count). The maximum absolute atomic E-state index is 6.65. The molecule has 3 heterocycles. The van der Waals surface area contributed by atoms with Gasteiger partial charge in [0.2, 0.25) is 0 Å². The summed E-state index contributed by atoms with van der Waals surface area (Å²) < 4.78 is 0. The molecule has 0 saturated carbocycles. The van der Waals surface area contributed by atoms with E-state index >= 15 is 0 Å². The predicted octanol–water partition coefficient (Wildman–Crippen LogP) is 5.21. The van der Waals surface area contributed by atoms with Crippen LogP contribution in [-0.4, -0.2) is 39.3 Å². The van der Waals surface area contributed by atoms with Gasteiger partial charge in [-0.3, -0.25) is 0 Å². The summed E-state index contributed by atoms with van der Waals surface area (Å²) in [5.41, 5.74) is 4.34. The highest BCUT2D eigenvalue weighted by molar-refractivity contribution is 7.99. The summed E-state index contributed by atoms with van der Waals surface area (Å²) in [7, 11) is 0. The predicted molar refractivity (Wildman–Crippen MR) is 117 cm³/mol. The van der Waals surface area contributed by atoms with Crippen LogP contribution < -0.4 is 20.4 Å². The molecule has 27 heavy (non-hydrogen) atoms. The molecule has 2 saturated heterocycles. The summed E-state index contributed by atoms with van der Waals surface area (Å²) in [6.07, 6.45) is 2.51. The number of halogens is 2. The molecule has 3 aliphatic rings. The zero-order valence-corrected chi connectivity index (χ0v) is 17.4. The Labute approximate surface area is 174 Å². The lowest BCUT2D eigenvalue weighted by Crippen LogP contribution is -2.43. The van der Waals surface area contributed by atoms with Gasteiger partial charge in [0.15, 0.2) is 0 Å². The van der Waals surface area contributed by atoms with Crippen molar-refractivity contribution in [1.29, 1.82) is 0 Å². The van der Waals surface area contributed by atoms with Crippen LogP contribution in [0.3, 0.4) is 0 Å². The summed E-state index contributed by atoms with van der Waals surface area (Å²) in [6, 6.07) is 8.66. The molecular formula is C20H22Cl2N4S. The summed E-state index contributed by atoms with van der Waals surface area (Å²) in [4.78, 5) is 7.15. The van der Waals surface area contributed by atoms with Gasteiger partial charge < -0.3 is 20.4 Å². The zero-order valence-electron chi connectivity index (χ0n) is 15.0. The molecule has 3 aliphatic heterocycles. The van der Waals surface area contributed by atoms with E-state index < -0.39 is 0 Å². The highest BCUT2D eigenvalue weighted by Crippen LogP contribution is 2.51. The van der Waals surface area contributed by atoms with Gasteiger partial charge in [0.25, 0.3) is 0 Å². The van der Waals surface area contributed by atoms with E-state index in [0.717, 1.165) is 65.6 Å². The van der Waals surface area contributed by atoms with Crippen molar-refractivity contribution >= 4 is 57.7 Å². The van der Waals surface area contributed by atoms with Crippen molar-refractivity contribution in [3.8, 4) is 0 Å². The highest BCUT2D eigenvalue weighted by Gasteiger charge is 2.25. The van der Waals surface area contributed by atoms with Crippen LogP contribution >= 0.6 is 35.0 Å². The minimum atomic E-state index is 0.749. The molecule has 0 aliphatic carbocycles. The quantitative estimate of drug-likeness (QED) is 0.593. The average molecular weight is 421 g/mol. The fourth-order valence-corrected chi connectivity index (χ4v) is 5.80. The fraction of sp³-hybridized carbons (Fsp3) is 0.400. The van der Waals surface area contributed by atoms with Crippen LogP contribution in [0.15, 0.2) is 34.1 Å². The van der Waals surface area contributed by atoms with Crippen molar-refractivity contribution in [1.82, 2.24) is 5.32 Å². The van der Waals surface area contributed by atoms with Crippen molar-refractivity contribution in [2.75, 3.05) is 54.4 Å². The number of rotatable bonds is 2. The number of nitrogens with zero attached hydrogens (tertiary/aromatic N) is 2. The Bertz CT molecular complexity index is 877. The van der Waals surface area contributed by atoms with Crippen molar-refractivity contribution in [2.24, 2.45) is 0 Å². The molecule has 0 aromatic heterocycles. The van der Waals surface area contributed by atoms with Crippen LogP contribution in [0.2, 0.25) is 10.0 Å². The third-order valence-electron chi connectivity index (χ3n) is 5.50. The Hall–Kier alpha value is -1.27. The fourth-order valence-electron chi connectivity index (χ4n) is 4.05. The van der Waals surface area contributed by atoms with Gasteiger partial charge in [-0.1, -0.05) is 35.0 Å². The van der Waals surface area contributed by atoms with E-state index in [2.05, 4.69) is 44.7 Å². The number of benzene rings is 2. The largest absolute Gasteiger partial charge is 0.371 e. The van der Waals surface area contributed by atoms with Gasteiger partial charge in [-0.05, 0) is 37.1 Å². The maximum atomic E-state index is 6.65. The second kappa shape index (κ2) is 7.28. The number of anilines is 4. The van der Waals surface area contributed by atoms with E-state index in [0.29, 0.717) is 0 Å². The molecule has 2 aromatic rings. The van der Waals surface area contributed by atoms with Crippen LogP contribution in [0.25, 0.3) is 0 Å². The van der Waals surface area contributed by atoms with Gasteiger partial charge in [0.1, 0.15) is 0 Å². The topological polar surface area (TPSA) is 30.5 Å². The van der Waals surface area contributed by atoms with Crippen LogP contribution in [0.5, 0.6) is 0 Å². The second-order valence-electron chi connectivity index (χ2n) is 7.26. The SMILES string of the molecule is Clc1cc(N2CCCC2)cc2c1Nc1c(Cl)cc(N3CCNCC3)cc1S2. The standard InChI is InChI=1S/C20H22Cl2N4S/c21-15-9-13(25-5-1-2-6-25)11-17-19(15)24-20-16(22)10-14(12-18(20)27-17)26-7-3-23-4-8-26/h9-12,23-24H,1-8H2. The molecule has 4 nitrogen and oxygen atoms in total. The average Bonchev–Trinajstić information content (AvgIpc) is 3.22. The number of hydrogen-bond acceptors (Lipinski definition) is 5. The first-order chi connectivity index (χ1) is 13.2. The summed E-state index contributed by atoms with van der Waals surface area (Å²) in [6.45, 7) is 6.27. The summed E-state index contributed by atoms with van der Waals surface area (Å²) >= 11 is 15.0. The molecule has 2 fully saturated rings. The smallest absolute Gasteiger partial charge is 0.0717 e. The van der Waals surface area contributed by atoms with E-state index in [9.17, 15) is 0 Å². The van der Waals surface area contributed by atoms with Gasteiger partial charge in [-0.2, -0.15) is 0 Å². The molecular weight excluding hydrogens is 399 g/mol. The van der Waals surface area contributed by atoms with Crippen LogP contribution in [0, 0.1) is 0 Å². The van der Waals surface area contributed by atoms with Gasteiger partial charge in [0, 0.05) is 60.4 Å². The highest BCUT2D eigenvalue weighted by atomic mass is 35.5. The molecule has 0 radical (unpaired) electrons. The number of piperazine rings is 1. The first-order valence-corrected chi connectivity index (χ1v) is 11.1. The minimum absolute atomic E-state index is 0.749. The Morgan fingerprint density at radius 2 is 1.26 bits per heavy atom. The normalized spacial score (nSPS) is 18.9. The van der Waals surface area contributed by atoms with E-state index in [-0.39, 0.29) is 0 Å². The first kappa shape index (κ1) is 17.8. The van der Waals surface area contributed by atoms with E-state index in [1.54, 1.807) is 11.8 Å². The Morgan fingerprint density at radius 1 is 0.741 bits per heavy atom. The molecule has 2 N–H and O–H groups in total. The molecule has 0 amide bonds.